The van der Waals surface area contributed by atoms with Gasteiger partial charge in [0.25, 0.3) is 5.91 Å². The summed E-state index contributed by atoms with van der Waals surface area (Å²) in [6.45, 7) is 5.32. The first-order valence-electron chi connectivity index (χ1n) is 5.00. The van der Waals surface area contributed by atoms with Gasteiger partial charge in [0.15, 0.2) is 5.82 Å². The number of rotatable bonds is 3. The van der Waals surface area contributed by atoms with Crippen LogP contribution in [0.1, 0.15) is 36.1 Å². The predicted octanol–water partition coefficient (Wildman–Crippen LogP) is 1.50. The highest BCUT2D eigenvalue weighted by molar-refractivity contribution is 7.07. The Morgan fingerprint density at radius 3 is 2.82 bits per heavy atom. The lowest BCUT2D eigenvalue weighted by Gasteiger charge is -2.21. The summed E-state index contributed by atoms with van der Waals surface area (Å²) in [7, 11) is 0. The third-order valence-electron chi connectivity index (χ3n) is 2.18. The summed E-state index contributed by atoms with van der Waals surface area (Å²) in [5.74, 6) is 0.660. The number of aromatic nitrogens is 3. The van der Waals surface area contributed by atoms with Crippen LogP contribution in [0.25, 0.3) is 0 Å². The normalized spacial score (nSPS) is 11.5. The lowest BCUT2D eigenvalue weighted by atomic mass is 10.0. The molecule has 0 saturated heterocycles. The van der Waals surface area contributed by atoms with Gasteiger partial charge in [-0.2, -0.15) is 4.98 Å². The van der Waals surface area contributed by atoms with Crippen LogP contribution in [-0.2, 0) is 5.54 Å². The number of aryl methyl sites for hydroxylation is 1. The van der Waals surface area contributed by atoms with E-state index in [2.05, 4.69) is 20.4 Å². The molecule has 2 aromatic rings. The van der Waals surface area contributed by atoms with Crippen LogP contribution < -0.4 is 5.32 Å². The van der Waals surface area contributed by atoms with Gasteiger partial charge in [0.1, 0.15) is 5.69 Å². The van der Waals surface area contributed by atoms with Crippen molar-refractivity contribution in [1.29, 1.82) is 0 Å². The molecule has 2 heterocycles. The van der Waals surface area contributed by atoms with E-state index in [0.717, 1.165) is 0 Å². The molecule has 1 amide bonds. The average Bonchev–Trinajstić information content (AvgIpc) is 2.86. The number of hydrogen-bond acceptors (Lipinski definition) is 6. The van der Waals surface area contributed by atoms with Crippen LogP contribution in [0.15, 0.2) is 15.4 Å². The minimum atomic E-state index is -0.696. The molecule has 0 bridgehead atoms. The minimum Gasteiger partial charge on any atom is -0.340 e. The SMILES string of the molecule is Cc1nc(C(C)(C)NC(=O)c2cscn2)no1. The molecule has 0 aliphatic heterocycles. The molecule has 0 radical (unpaired) electrons. The molecular formula is C10H12N4O2S. The maximum Gasteiger partial charge on any atom is 0.271 e. The Kier molecular flexibility index (Phi) is 2.93. The molecule has 0 aliphatic carbocycles. The van der Waals surface area contributed by atoms with E-state index in [4.69, 9.17) is 4.52 Å². The van der Waals surface area contributed by atoms with Gasteiger partial charge in [-0.15, -0.1) is 11.3 Å². The van der Waals surface area contributed by atoms with Crippen molar-refractivity contribution in [2.24, 2.45) is 0 Å². The van der Waals surface area contributed by atoms with Crippen LogP contribution >= 0.6 is 11.3 Å². The second-order valence-corrected chi connectivity index (χ2v) is 4.81. The summed E-state index contributed by atoms with van der Waals surface area (Å²) in [4.78, 5) is 19.9. The third-order valence-corrected chi connectivity index (χ3v) is 2.76. The molecule has 2 rings (SSSR count). The Bertz CT molecular complexity index is 518. The smallest absolute Gasteiger partial charge is 0.271 e. The van der Waals surface area contributed by atoms with Gasteiger partial charge >= 0.3 is 0 Å². The van der Waals surface area contributed by atoms with Gasteiger partial charge in [0, 0.05) is 12.3 Å². The molecule has 0 fully saturated rings. The average molecular weight is 252 g/mol. The highest BCUT2D eigenvalue weighted by Crippen LogP contribution is 2.17. The molecule has 2 aromatic heterocycles. The van der Waals surface area contributed by atoms with Gasteiger partial charge in [-0.25, -0.2) is 4.98 Å². The van der Waals surface area contributed by atoms with E-state index in [1.54, 1.807) is 17.8 Å². The summed E-state index contributed by atoms with van der Waals surface area (Å²) in [6, 6.07) is 0. The summed E-state index contributed by atoms with van der Waals surface area (Å²) < 4.78 is 4.90. The first-order chi connectivity index (χ1) is 7.99. The molecule has 17 heavy (non-hydrogen) atoms. The van der Waals surface area contributed by atoms with E-state index in [9.17, 15) is 4.79 Å². The Morgan fingerprint density at radius 2 is 2.29 bits per heavy atom. The molecule has 0 atom stereocenters. The van der Waals surface area contributed by atoms with Crippen LogP contribution in [0.3, 0.4) is 0 Å². The number of carbonyl (C=O) groups is 1. The van der Waals surface area contributed by atoms with E-state index in [0.29, 0.717) is 17.4 Å². The van der Waals surface area contributed by atoms with E-state index in [1.807, 2.05) is 13.8 Å². The van der Waals surface area contributed by atoms with Crippen LogP contribution in [-0.4, -0.2) is 21.0 Å². The molecule has 6 nitrogen and oxygen atoms in total. The molecule has 90 valence electrons. The summed E-state index contributed by atoms with van der Waals surface area (Å²) in [6.07, 6.45) is 0. The maximum atomic E-state index is 11.8. The molecule has 0 aliphatic rings. The zero-order valence-electron chi connectivity index (χ0n) is 9.72. The zero-order valence-corrected chi connectivity index (χ0v) is 10.5. The largest absolute Gasteiger partial charge is 0.340 e. The summed E-state index contributed by atoms with van der Waals surface area (Å²) in [5, 5.41) is 8.30. The van der Waals surface area contributed by atoms with Crippen molar-refractivity contribution >= 4 is 17.2 Å². The van der Waals surface area contributed by atoms with Crippen LogP contribution in [0.4, 0.5) is 0 Å². The number of carbonyl (C=O) groups excluding carboxylic acids is 1. The molecule has 0 aromatic carbocycles. The first-order valence-corrected chi connectivity index (χ1v) is 5.95. The van der Waals surface area contributed by atoms with Gasteiger partial charge < -0.3 is 9.84 Å². The molecular weight excluding hydrogens is 240 g/mol. The Labute approximate surface area is 102 Å². The standard InChI is InChI=1S/C10H12N4O2S/c1-6-12-9(14-16-6)10(2,3)13-8(15)7-4-17-5-11-7/h4-5H,1-3H3,(H,13,15). The van der Waals surface area contributed by atoms with Gasteiger partial charge in [-0.3, -0.25) is 4.79 Å². The van der Waals surface area contributed by atoms with Gasteiger partial charge in [0.2, 0.25) is 5.89 Å². The fourth-order valence-corrected chi connectivity index (χ4v) is 1.81. The highest BCUT2D eigenvalue weighted by atomic mass is 32.1. The molecule has 0 saturated carbocycles. The van der Waals surface area contributed by atoms with E-state index >= 15 is 0 Å². The van der Waals surface area contributed by atoms with Gasteiger partial charge in [0.05, 0.1) is 11.0 Å². The number of hydrogen-bond donors (Lipinski definition) is 1. The Hall–Kier alpha value is -1.76. The first kappa shape index (κ1) is 11.7. The van der Waals surface area contributed by atoms with E-state index in [1.165, 1.54) is 11.3 Å². The van der Waals surface area contributed by atoms with Gasteiger partial charge in [-0.1, -0.05) is 5.16 Å². The third kappa shape index (κ3) is 2.50. The highest BCUT2D eigenvalue weighted by Gasteiger charge is 2.29. The van der Waals surface area contributed by atoms with Crippen molar-refractivity contribution in [2.45, 2.75) is 26.3 Å². The Morgan fingerprint density at radius 1 is 1.53 bits per heavy atom. The fraction of sp³-hybridized carbons (Fsp3) is 0.400. The topological polar surface area (TPSA) is 80.9 Å². The van der Waals surface area contributed by atoms with Crippen LogP contribution in [0.2, 0.25) is 0 Å². The van der Waals surface area contributed by atoms with Gasteiger partial charge in [-0.05, 0) is 13.8 Å². The van der Waals surface area contributed by atoms with E-state index < -0.39 is 5.54 Å². The quantitative estimate of drug-likeness (QED) is 0.895. The van der Waals surface area contributed by atoms with Crippen molar-refractivity contribution in [3.63, 3.8) is 0 Å². The number of thiazole rings is 1. The van der Waals surface area contributed by atoms with Crippen molar-refractivity contribution in [3.05, 3.63) is 28.3 Å². The maximum absolute atomic E-state index is 11.8. The summed E-state index contributed by atoms with van der Waals surface area (Å²) >= 11 is 1.37. The molecule has 0 spiro atoms. The number of nitrogens with zero attached hydrogens (tertiary/aromatic N) is 3. The van der Waals surface area contributed by atoms with Crippen molar-refractivity contribution in [2.75, 3.05) is 0 Å². The van der Waals surface area contributed by atoms with Crippen molar-refractivity contribution < 1.29 is 9.32 Å². The van der Waals surface area contributed by atoms with Crippen LogP contribution in [0.5, 0.6) is 0 Å². The lowest BCUT2D eigenvalue weighted by molar-refractivity contribution is 0.0903. The van der Waals surface area contributed by atoms with Crippen molar-refractivity contribution in [3.8, 4) is 0 Å². The Balaban J connectivity index is 2.15. The fourth-order valence-electron chi connectivity index (χ4n) is 1.28. The lowest BCUT2D eigenvalue weighted by Crippen LogP contribution is -2.42. The monoisotopic (exact) mass is 252 g/mol. The molecule has 0 unspecified atom stereocenters. The zero-order chi connectivity index (χ0) is 12.5. The van der Waals surface area contributed by atoms with Crippen molar-refractivity contribution in [1.82, 2.24) is 20.4 Å². The van der Waals surface area contributed by atoms with E-state index in [-0.39, 0.29) is 5.91 Å². The predicted molar refractivity (Wildman–Crippen MR) is 61.6 cm³/mol. The minimum absolute atomic E-state index is 0.251. The number of nitrogens with one attached hydrogen (secondary N) is 1. The number of amides is 1. The second-order valence-electron chi connectivity index (χ2n) is 4.09. The summed E-state index contributed by atoms with van der Waals surface area (Å²) in [5.41, 5.74) is 1.31. The molecule has 1 N–H and O–H groups in total. The second kappa shape index (κ2) is 4.25. The van der Waals surface area contributed by atoms with Crippen LogP contribution in [0, 0.1) is 6.92 Å². The molecule has 7 heteroatoms.